The van der Waals surface area contributed by atoms with Crippen molar-refractivity contribution in [2.75, 3.05) is 18.0 Å². The first-order valence-corrected chi connectivity index (χ1v) is 13.5. The molecule has 10 heteroatoms. The number of piperidine rings is 1. The van der Waals surface area contributed by atoms with Crippen LogP contribution in [0.25, 0.3) is 0 Å². The Hall–Kier alpha value is -2.85. The van der Waals surface area contributed by atoms with Gasteiger partial charge in [-0.25, -0.2) is 17.2 Å². The van der Waals surface area contributed by atoms with Gasteiger partial charge in [-0.1, -0.05) is 30.3 Å². The van der Waals surface area contributed by atoms with Crippen molar-refractivity contribution in [3.05, 3.63) is 77.9 Å². The van der Waals surface area contributed by atoms with E-state index >= 15 is 8.78 Å². The number of rotatable bonds is 5. The van der Waals surface area contributed by atoms with Crippen LogP contribution in [0, 0.1) is 23.5 Å². The molecule has 1 aromatic heterocycles. The lowest BCUT2D eigenvalue weighted by molar-refractivity contribution is 0.279. The second-order valence-electron chi connectivity index (χ2n) is 9.94. The first-order chi connectivity index (χ1) is 16.8. The lowest BCUT2D eigenvalue weighted by Crippen LogP contribution is -2.44. The zero-order valence-corrected chi connectivity index (χ0v) is 20.2. The molecule has 3 heterocycles. The first kappa shape index (κ1) is 22.6. The number of aromatic nitrogens is 3. The molecule has 1 aliphatic carbocycles. The van der Waals surface area contributed by atoms with E-state index in [0.717, 1.165) is 5.56 Å². The molecule has 0 radical (unpaired) electrons. The SMILES string of the molecule is CC1CC[C@@H](c2ccccc2)S(=O)(=O)N1Cc1cc(F)c(N2C[C@@H]3C(n4cnnc4)[C@@H]3C2)cc1F. The van der Waals surface area contributed by atoms with Crippen molar-refractivity contribution in [1.82, 2.24) is 19.1 Å². The molecule has 2 saturated heterocycles. The van der Waals surface area contributed by atoms with Gasteiger partial charge in [0.25, 0.3) is 0 Å². The number of halogens is 2. The highest BCUT2D eigenvalue weighted by atomic mass is 32.2. The monoisotopic (exact) mass is 499 g/mol. The van der Waals surface area contributed by atoms with Crippen LogP contribution < -0.4 is 4.90 Å². The van der Waals surface area contributed by atoms with Crippen molar-refractivity contribution < 1.29 is 17.2 Å². The molecule has 3 aromatic rings. The average molecular weight is 500 g/mol. The lowest BCUT2D eigenvalue weighted by Gasteiger charge is -2.37. The fraction of sp³-hybridized carbons (Fsp3) is 0.440. The molecule has 2 unspecified atom stereocenters. The summed E-state index contributed by atoms with van der Waals surface area (Å²) in [5.74, 6) is -0.378. The molecule has 1 saturated carbocycles. The van der Waals surface area contributed by atoms with Crippen molar-refractivity contribution in [2.45, 2.75) is 43.6 Å². The summed E-state index contributed by atoms with van der Waals surface area (Å²) in [7, 11) is -3.73. The van der Waals surface area contributed by atoms with Crippen molar-refractivity contribution in [3.8, 4) is 0 Å². The Balaban J connectivity index is 1.20. The van der Waals surface area contributed by atoms with Crippen LogP contribution in [0.15, 0.2) is 55.1 Å². The van der Waals surface area contributed by atoms with E-state index in [0.29, 0.717) is 43.8 Å². The van der Waals surface area contributed by atoms with Crippen LogP contribution in [-0.2, 0) is 16.6 Å². The zero-order valence-electron chi connectivity index (χ0n) is 19.3. The van der Waals surface area contributed by atoms with E-state index in [-0.39, 0.29) is 23.8 Å². The molecule has 3 fully saturated rings. The summed E-state index contributed by atoms with van der Waals surface area (Å²) >= 11 is 0. The molecule has 0 spiro atoms. The normalized spacial score (nSPS) is 29.8. The predicted molar refractivity (Wildman–Crippen MR) is 127 cm³/mol. The van der Waals surface area contributed by atoms with Crippen LogP contribution in [0.1, 0.15) is 42.2 Å². The smallest absolute Gasteiger partial charge is 0.221 e. The Morgan fingerprint density at radius 1 is 0.971 bits per heavy atom. The Bertz CT molecular complexity index is 1320. The Morgan fingerprint density at radius 3 is 2.34 bits per heavy atom. The van der Waals surface area contributed by atoms with Crippen LogP contribution in [0.3, 0.4) is 0 Å². The van der Waals surface area contributed by atoms with Crippen molar-refractivity contribution >= 4 is 15.7 Å². The molecular formula is C25H27F2N5O2S. The van der Waals surface area contributed by atoms with Gasteiger partial charge in [-0.2, -0.15) is 4.31 Å². The van der Waals surface area contributed by atoms with Crippen molar-refractivity contribution in [1.29, 1.82) is 0 Å². The minimum Gasteiger partial charge on any atom is -0.368 e. The number of nitrogens with zero attached hydrogens (tertiary/aromatic N) is 5. The number of fused-ring (bicyclic) bond motifs is 1. The number of hydrogen-bond acceptors (Lipinski definition) is 5. The largest absolute Gasteiger partial charge is 0.368 e. The van der Waals surface area contributed by atoms with Crippen LogP contribution in [0.5, 0.6) is 0 Å². The van der Waals surface area contributed by atoms with Crippen molar-refractivity contribution in [3.63, 3.8) is 0 Å². The van der Waals surface area contributed by atoms with Gasteiger partial charge in [-0.15, -0.1) is 10.2 Å². The van der Waals surface area contributed by atoms with Gasteiger partial charge in [0.1, 0.15) is 29.5 Å². The fourth-order valence-electron chi connectivity index (χ4n) is 5.96. The third kappa shape index (κ3) is 3.83. The van der Waals surface area contributed by atoms with E-state index in [4.69, 9.17) is 0 Å². The van der Waals surface area contributed by atoms with Gasteiger partial charge in [0.15, 0.2) is 0 Å². The van der Waals surface area contributed by atoms with E-state index < -0.39 is 26.9 Å². The van der Waals surface area contributed by atoms with E-state index in [2.05, 4.69) is 10.2 Å². The van der Waals surface area contributed by atoms with Gasteiger partial charge in [0.2, 0.25) is 10.0 Å². The quantitative estimate of drug-likeness (QED) is 0.532. The second kappa shape index (κ2) is 8.37. The summed E-state index contributed by atoms with van der Waals surface area (Å²) in [5, 5.41) is 7.02. The van der Waals surface area contributed by atoms with Crippen molar-refractivity contribution in [2.24, 2.45) is 11.8 Å². The van der Waals surface area contributed by atoms with Gasteiger partial charge in [-0.05, 0) is 31.4 Å². The number of hydrogen-bond donors (Lipinski definition) is 0. The third-order valence-electron chi connectivity index (χ3n) is 7.91. The van der Waals surface area contributed by atoms with Crippen LogP contribution >= 0.6 is 0 Å². The molecule has 184 valence electrons. The van der Waals surface area contributed by atoms with E-state index in [1.54, 1.807) is 24.8 Å². The van der Waals surface area contributed by atoms with E-state index in [1.165, 1.54) is 16.4 Å². The molecule has 0 N–H and O–H groups in total. The highest BCUT2D eigenvalue weighted by Crippen LogP contribution is 2.56. The summed E-state index contributed by atoms with van der Waals surface area (Å²) in [6.45, 7) is 2.92. The second-order valence-corrected chi connectivity index (χ2v) is 12.0. The Labute approximate surface area is 203 Å². The molecular weight excluding hydrogens is 472 g/mol. The molecule has 0 amide bonds. The minimum absolute atomic E-state index is 0.0575. The molecule has 35 heavy (non-hydrogen) atoms. The molecule has 0 bridgehead atoms. The van der Waals surface area contributed by atoms with Gasteiger partial charge in [0, 0.05) is 55.2 Å². The molecule has 2 aliphatic heterocycles. The van der Waals surface area contributed by atoms with E-state index in [9.17, 15) is 8.42 Å². The average Bonchev–Trinajstić information content (AvgIpc) is 3.21. The summed E-state index contributed by atoms with van der Waals surface area (Å²) in [6.07, 6.45) is 4.55. The van der Waals surface area contributed by atoms with Crippen LogP contribution in [0.4, 0.5) is 14.5 Å². The number of anilines is 1. The molecule has 5 atom stereocenters. The van der Waals surface area contributed by atoms with Gasteiger partial charge < -0.3 is 9.47 Å². The summed E-state index contributed by atoms with van der Waals surface area (Å²) < 4.78 is 60.6. The maximum Gasteiger partial charge on any atom is 0.221 e. The standard InChI is InChI=1S/C25H27F2N5O2S/c1-16-7-8-24(17-5-3-2-4-6-17)35(33,34)32(16)11-18-9-22(27)23(10-21(18)26)30-12-19-20(13-30)25(19)31-14-28-29-15-31/h2-6,9-10,14-16,19-20,24-25H,7-8,11-13H2,1H3/t16?,19-,20+,24-,25?/m0/s1. The Morgan fingerprint density at radius 2 is 1.66 bits per heavy atom. The maximum absolute atomic E-state index is 15.2. The molecule has 2 aromatic carbocycles. The first-order valence-electron chi connectivity index (χ1n) is 12.0. The highest BCUT2D eigenvalue weighted by molar-refractivity contribution is 7.89. The molecule has 3 aliphatic rings. The van der Waals surface area contributed by atoms with Gasteiger partial charge in [-0.3, -0.25) is 0 Å². The number of sulfonamides is 1. The molecule has 6 rings (SSSR count). The van der Waals surface area contributed by atoms with Crippen LogP contribution in [0.2, 0.25) is 0 Å². The van der Waals surface area contributed by atoms with Gasteiger partial charge in [0.05, 0.1) is 5.69 Å². The number of benzene rings is 2. The zero-order chi connectivity index (χ0) is 24.3. The predicted octanol–water partition coefficient (Wildman–Crippen LogP) is 3.92. The Kier molecular flexibility index (Phi) is 5.41. The summed E-state index contributed by atoms with van der Waals surface area (Å²) in [5.41, 5.74) is 1.02. The van der Waals surface area contributed by atoms with E-state index in [1.807, 2.05) is 34.6 Å². The van der Waals surface area contributed by atoms with Crippen LogP contribution in [-0.4, -0.2) is 46.6 Å². The minimum atomic E-state index is -3.73. The lowest BCUT2D eigenvalue weighted by atomic mass is 10.0. The summed E-state index contributed by atoms with van der Waals surface area (Å²) in [6, 6.07) is 11.5. The third-order valence-corrected chi connectivity index (χ3v) is 10.3. The van der Waals surface area contributed by atoms with Gasteiger partial charge >= 0.3 is 0 Å². The summed E-state index contributed by atoms with van der Waals surface area (Å²) in [4.78, 5) is 1.88. The molecule has 7 nitrogen and oxygen atoms in total. The highest BCUT2D eigenvalue weighted by Gasteiger charge is 2.57. The maximum atomic E-state index is 15.2. The fourth-order valence-corrected chi connectivity index (χ4v) is 8.15. The topological polar surface area (TPSA) is 71.3 Å².